The minimum atomic E-state index is 0.104. The number of benzene rings is 1. The third-order valence-electron chi connectivity index (χ3n) is 2.53. The standard InChI is InChI=1S/C14H21NO2S/c1-3-4-5-10-15-14(16)11-18-13-8-6-12(17-2)7-9-13/h6-9H,3-5,10-11H2,1-2H3,(H,15,16). The van der Waals surface area contributed by atoms with E-state index in [0.29, 0.717) is 5.75 Å². The van der Waals surface area contributed by atoms with Crippen molar-refractivity contribution in [1.82, 2.24) is 5.32 Å². The Morgan fingerprint density at radius 3 is 2.61 bits per heavy atom. The van der Waals surface area contributed by atoms with Crippen LogP contribution in [0, 0.1) is 0 Å². The van der Waals surface area contributed by atoms with E-state index in [0.717, 1.165) is 23.6 Å². The zero-order valence-electron chi connectivity index (χ0n) is 11.1. The molecule has 3 nitrogen and oxygen atoms in total. The number of ether oxygens (including phenoxy) is 1. The molecule has 0 atom stereocenters. The Morgan fingerprint density at radius 2 is 2.00 bits per heavy atom. The SMILES string of the molecule is CCCCCNC(=O)CSc1ccc(OC)cc1. The van der Waals surface area contributed by atoms with E-state index in [-0.39, 0.29) is 5.91 Å². The molecule has 1 aromatic carbocycles. The largest absolute Gasteiger partial charge is 0.497 e. The molecule has 1 rings (SSSR count). The summed E-state index contributed by atoms with van der Waals surface area (Å²) in [6, 6.07) is 7.74. The minimum absolute atomic E-state index is 0.104. The van der Waals surface area contributed by atoms with Crippen LogP contribution < -0.4 is 10.1 Å². The Kier molecular flexibility index (Phi) is 7.34. The molecule has 100 valence electrons. The van der Waals surface area contributed by atoms with Gasteiger partial charge in [0, 0.05) is 11.4 Å². The first kappa shape index (κ1) is 14.9. The highest BCUT2D eigenvalue weighted by atomic mass is 32.2. The van der Waals surface area contributed by atoms with Gasteiger partial charge in [-0.05, 0) is 30.7 Å². The van der Waals surface area contributed by atoms with Crippen molar-refractivity contribution in [2.45, 2.75) is 31.1 Å². The van der Waals surface area contributed by atoms with E-state index in [4.69, 9.17) is 4.74 Å². The van der Waals surface area contributed by atoms with Crippen molar-refractivity contribution in [3.05, 3.63) is 24.3 Å². The molecule has 0 radical (unpaired) electrons. The lowest BCUT2D eigenvalue weighted by Crippen LogP contribution is -2.26. The molecule has 0 bridgehead atoms. The van der Waals surface area contributed by atoms with Crippen LogP contribution in [0.15, 0.2) is 29.2 Å². The third kappa shape index (κ3) is 5.96. The van der Waals surface area contributed by atoms with Crippen LogP contribution in [-0.4, -0.2) is 25.3 Å². The van der Waals surface area contributed by atoms with Crippen molar-refractivity contribution in [3.63, 3.8) is 0 Å². The maximum Gasteiger partial charge on any atom is 0.230 e. The average Bonchev–Trinajstić information content (AvgIpc) is 2.42. The van der Waals surface area contributed by atoms with Gasteiger partial charge in [-0.1, -0.05) is 19.8 Å². The van der Waals surface area contributed by atoms with E-state index in [2.05, 4.69) is 12.2 Å². The van der Waals surface area contributed by atoms with Crippen molar-refractivity contribution < 1.29 is 9.53 Å². The van der Waals surface area contributed by atoms with Crippen molar-refractivity contribution in [2.75, 3.05) is 19.4 Å². The number of hydrogen-bond acceptors (Lipinski definition) is 3. The summed E-state index contributed by atoms with van der Waals surface area (Å²) in [5.41, 5.74) is 0. The Labute approximate surface area is 113 Å². The first-order valence-electron chi connectivity index (χ1n) is 6.29. The molecule has 0 saturated heterocycles. The average molecular weight is 267 g/mol. The Bertz CT molecular complexity index is 351. The molecule has 1 amide bonds. The number of carbonyl (C=O) groups excluding carboxylic acids is 1. The lowest BCUT2D eigenvalue weighted by Gasteiger charge is -2.05. The van der Waals surface area contributed by atoms with E-state index < -0.39 is 0 Å². The number of carbonyl (C=O) groups is 1. The zero-order valence-corrected chi connectivity index (χ0v) is 11.9. The lowest BCUT2D eigenvalue weighted by atomic mass is 10.2. The molecular weight excluding hydrogens is 246 g/mol. The molecule has 0 aliphatic heterocycles. The molecule has 0 spiro atoms. The molecule has 0 unspecified atom stereocenters. The Hall–Kier alpha value is -1.16. The summed E-state index contributed by atoms with van der Waals surface area (Å²) in [5, 5.41) is 2.93. The van der Waals surface area contributed by atoms with Gasteiger partial charge in [0.25, 0.3) is 0 Å². The molecule has 0 fully saturated rings. The summed E-state index contributed by atoms with van der Waals surface area (Å²) in [6.45, 7) is 2.94. The third-order valence-corrected chi connectivity index (χ3v) is 3.54. The summed E-state index contributed by atoms with van der Waals surface area (Å²) in [5.74, 6) is 1.41. The van der Waals surface area contributed by atoms with Crippen LogP contribution in [0.3, 0.4) is 0 Å². The minimum Gasteiger partial charge on any atom is -0.497 e. The van der Waals surface area contributed by atoms with E-state index in [1.54, 1.807) is 18.9 Å². The van der Waals surface area contributed by atoms with Crippen molar-refractivity contribution in [2.24, 2.45) is 0 Å². The van der Waals surface area contributed by atoms with Gasteiger partial charge < -0.3 is 10.1 Å². The van der Waals surface area contributed by atoms with Gasteiger partial charge in [-0.25, -0.2) is 0 Å². The molecule has 1 aromatic rings. The molecule has 4 heteroatoms. The van der Waals surface area contributed by atoms with Crippen LogP contribution in [0.1, 0.15) is 26.2 Å². The van der Waals surface area contributed by atoms with Crippen LogP contribution in [0.25, 0.3) is 0 Å². The molecule has 0 aliphatic rings. The molecular formula is C14H21NO2S. The summed E-state index contributed by atoms with van der Waals surface area (Å²) < 4.78 is 5.08. The maximum absolute atomic E-state index is 11.5. The summed E-state index contributed by atoms with van der Waals surface area (Å²) in [7, 11) is 1.64. The van der Waals surface area contributed by atoms with Gasteiger partial charge in [0.1, 0.15) is 5.75 Å². The fourth-order valence-corrected chi connectivity index (χ4v) is 2.20. The van der Waals surface area contributed by atoms with Crippen molar-refractivity contribution >= 4 is 17.7 Å². The van der Waals surface area contributed by atoms with Crippen LogP contribution in [-0.2, 0) is 4.79 Å². The second kappa shape index (κ2) is 8.86. The fourth-order valence-electron chi connectivity index (χ4n) is 1.47. The normalized spacial score (nSPS) is 10.1. The number of amides is 1. The second-order valence-corrected chi connectivity index (χ2v) is 5.07. The van der Waals surface area contributed by atoms with Crippen molar-refractivity contribution in [1.29, 1.82) is 0 Å². The predicted molar refractivity (Wildman–Crippen MR) is 76.3 cm³/mol. The highest BCUT2D eigenvalue weighted by Gasteiger charge is 2.02. The van der Waals surface area contributed by atoms with Crippen LogP contribution in [0.2, 0.25) is 0 Å². The smallest absolute Gasteiger partial charge is 0.230 e. The fraction of sp³-hybridized carbons (Fsp3) is 0.500. The number of hydrogen-bond donors (Lipinski definition) is 1. The van der Waals surface area contributed by atoms with Gasteiger partial charge in [-0.15, -0.1) is 11.8 Å². The van der Waals surface area contributed by atoms with Crippen molar-refractivity contribution in [3.8, 4) is 5.75 Å². The van der Waals surface area contributed by atoms with E-state index in [1.165, 1.54) is 12.8 Å². The lowest BCUT2D eigenvalue weighted by molar-refractivity contribution is -0.118. The molecule has 0 aromatic heterocycles. The van der Waals surface area contributed by atoms with Crippen LogP contribution in [0.5, 0.6) is 5.75 Å². The monoisotopic (exact) mass is 267 g/mol. The van der Waals surface area contributed by atoms with Crippen LogP contribution >= 0.6 is 11.8 Å². The first-order valence-corrected chi connectivity index (χ1v) is 7.28. The number of nitrogens with one attached hydrogen (secondary N) is 1. The van der Waals surface area contributed by atoms with Gasteiger partial charge in [0.2, 0.25) is 5.91 Å². The molecule has 0 aliphatic carbocycles. The first-order chi connectivity index (χ1) is 8.76. The highest BCUT2D eigenvalue weighted by molar-refractivity contribution is 8.00. The summed E-state index contributed by atoms with van der Waals surface area (Å²) >= 11 is 1.54. The number of methoxy groups -OCH3 is 1. The Morgan fingerprint density at radius 1 is 1.28 bits per heavy atom. The summed E-state index contributed by atoms with van der Waals surface area (Å²) in [6.07, 6.45) is 3.41. The second-order valence-electron chi connectivity index (χ2n) is 4.02. The van der Waals surface area contributed by atoms with Gasteiger partial charge in [-0.2, -0.15) is 0 Å². The zero-order chi connectivity index (χ0) is 13.2. The number of unbranched alkanes of at least 4 members (excludes halogenated alkanes) is 2. The van der Waals surface area contributed by atoms with E-state index in [9.17, 15) is 4.79 Å². The maximum atomic E-state index is 11.5. The van der Waals surface area contributed by atoms with Gasteiger partial charge >= 0.3 is 0 Å². The predicted octanol–water partition coefficient (Wildman–Crippen LogP) is 3.09. The molecule has 0 saturated carbocycles. The topological polar surface area (TPSA) is 38.3 Å². The van der Waals surface area contributed by atoms with E-state index in [1.807, 2.05) is 24.3 Å². The van der Waals surface area contributed by atoms with Gasteiger partial charge in [0.15, 0.2) is 0 Å². The molecule has 0 heterocycles. The molecule has 1 N–H and O–H groups in total. The number of thioether (sulfide) groups is 1. The van der Waals surface area contributed by atoms with Crippen LogP contribution in [0.4, 0.5) is 0 Å². The highest BCUT2D eigenvalue weighted by Crippen LogP contribution is 2.20. The van der Waals surface area contributed by atoms with Gasteiger partial charge in [-0.3, -0.25) is 4.79 Å². The van der Waals surface area contributed by atoms with Gasteiger partial charge in [0.05, 0.1) is 12.9 Å². The molecule has 18 heavy (non-hydrogen) atoms. The summed E-state index contributed by atoms with van der Waals surface area (Å²) in [4.78, 5) is 12.6. The van der Waals surface area contributed by atoms with E-state index >= 15 is 0 Å². The Balaban J connectivity index is 2.20. The quantitative estimate of drug-likeness (QED) is 0.581. The number of rotatable bonds is 8.